The summed E-state index contributed by atoms with van der Waals surface area (Å²) < 4.78 is 18.8. The zero-order chi connectivity index (χ0) is 22.2. The first-order valence-electron chi connectivity index (χ1n) is 10.7. The predicted molar refractivity (Wildman–Crippen MR) is 134 cm³/mol. The molecule has 1 unspecified atom stereocenters. The van der Waals surface area contributed by atoms with E-state index in [4.69, 9.17) is 4.74 Å². The van der Waals surface area contributed by atoms with E-state index in [2.05, 4.69) is 20.6 Å². The normalized spacial score (nSPS) is 16.0. The van der Waals surface area contributed by atoms with Gasteiger partial charge < -0.3 is 20.3 Å². The minimum Gasteiger partial charge on any atom is -0.439 e. The molecule has 0 radical (unpaired) electrons. The number of halogens is 2. The largest absolute Gasteiger partial charge is 0.439 e. The number of nitrogens with one attached hydrogen (secondary N) is 2. The number of benzene rings is 1. The molecule has 1 aliphatic heterocycles. The monoisotopic (exact) mass is 555 g/mol. The lowest BCUT2D eigenvalue weighted by atomic mass is 10.2. The maximum Gasteiger partial charge on any atom is 0.225 e. The smallest absolute Gasteiger partial charge is 0.225 e. The van der Waals surface area contributed by atoms with Crippen molar-refractivity contribution in [3.63, 3.8) is 0 Å². The SMILES string of the molecule is CCNC(=NCc1ccc(Oc2cccc(F)c2)nc1)NC1CCN(C(=O)C(C)C)C1.I. The quantitative estimate of drug-likeness (QED) is 0.308. The maximum atomic E-state index is 13.3. The van der Waals surface area contributed by atoms with Crippen LogP contribution in [0.4, 0.5) is 4.39 Å². The fourth-order valence-corrected chi connectivity index (χ4v) is 3.34. The van der Waals surface area contributed by atoms with Gasteiger partial charge in [0.25, 0.3) is 0 Å². The molecular formula is C23H31FIN5O2. The van der Waals surface area contributed by atoms with Crippen molar-refractivity contribution in [2.24, 2.45) is 10.9 Å². The van der Waals surface area contributed by atoms with E-state index in [0.29, 0.717) is 30.7 Å². The number of carbonyl (C=O) groups excluding carboxylic acids is 1. The Hall–Kier alpha value is -2.43. The first kappa shape index (κ1) is 25.8. The van der Waals surface area contributed by atoms with E-state index in [1.165, 1.54) is 12.1 Å². The molecule has 9 heteroatoms. The second-order valence-corrected chi connectivity index (χ2v) is 7.83. The van der Waals surface area contributed by atoms with E-state index in [9.17, 15) is 9.18 Å². The third-order valence-corrected chi connectivity index (χ3v) is 4.91. The summed E-state index contributed by atoms with van der Waals surface area (Å²) in [7, 11) is 0. The molecular weight excluding hydrogens is 524 g/mol. The van der Waals surface area contributed by atoms with Crippen molar-refractivity contribution in [3.8, 4) is 11.6 Å². The number of aromatic nitrogens is 1. The zero-order valence-electron chi connectivity index (χ0n) is 18.7. The van der Waals surface area contributed by atoms with Crippen LogP contribution in [0.2, 0.25) is 0 Å². The van der Waals surface area contributed by atoms with Gasteiger partial charge >= 0.3 is 0 Å². The minimum absolute atomic E-state index is 0. The Balaban J connectivity index is 0.00000363. The number of likely N-dealkylation sites (tertiary alicyclic amines) is 1. The molecule has 1 aromatic carbocycles. The van der Waals surface area contributed by atoms with Gasteiger partial charge in [-0.05, 0) is 31.0 Å². The second-order valence-electron chi connectivity index (χ2n) is 7.83. The standard InChI is InChI=1S/C23H30FN5O2.HI/c1-4-25-23(28-19-10-11-29(15-19)22(30)16(2)3)27-14-17-8-9-21(26-13-17)31-20-7-5-6-18(24)12-20;/h5-9,12-13,16,19H,4,10-11,14-15H2,1-3H3,(H2,25,27,28);1H. The number of hydrogen-bond acceptors (Lipinski definition) is 4. The Bertz CT molecular complexity index is 908. The Kier molecular flexibility index (Phi) is 10.1. The number of carbonyl (C=O) groups is 1. The van der Waals surface area contributed by atoms with Gasteiger partial charge in [0.2, 0.25) is 11.8 Å². The number of nitrogens with zero attached hydrogens (tertiary/aromatic N) is 3. The van der Waals surface area contributed by atoms with Crippen LogP contribution in [0.25, 0.3) is 0 Å². The van der Waals surface area contributed by atoms with Gasteiger partial charge in [0.15, 0.2) is 5.96 Å². The third kappa shape index (κ3) is 7.61. The molecule has 174 valence electrons. The molecule has 7 nitrogen and oxygen atoms in total. The van der Waals surface area contributed by atoms with E-state index >= 15 is 0 Å². The highest BCUT2D eigenvalue weighted by atomic mass is 127. The van der Waals surface area contributed by atoms with Gasteiger partial charge in [-0.2, -0.15) is 0 Å². The van der Waals surface area contributed by atoms with Gasteiger partial charge in [0, 0.05) is 49.9 Å². The summed E-state index contributed by atoms with van der Waals surface area (Å²) in [6.07, 6.45) is 2.59. The van der Waals surface area contributed by atoms with Crippen LogP contribution >= 0.6 is 24.0 Å². The van der Waals surface area contributed by atoms with Crippen LogP contribution in [-0.2, 0) is 11.3 Å². The summed E-state index contributed by atoms with van der Waals surface area (Å²) in [6, 6.07) is 9.74. The lowest BCUT2D eigenvalue weighted by Crippen LogP contribution is -2.45. The molecule has 1 amide bonds. The van der Waals surface area contributed by atoms with Gasteiger partial charge in [-0.3, -0.25) is 4.79 Å². The first-order chi connectivity index (χ1) is 14.9. The Morgan fingerprint density at radius 1 is 1.34 bits per heavy atom. The summed E-state index contributed by atoms with van der Waals surface area (Å²) in [5.74, 6) is 1.36. The van der Waals surface area contributed by atoms with Crippen molar-refractivity contribution in [1.82, 2.24) is 20.5 Å². The molecule has 2 heterocycles. The Morgan fingerprint density at radius 3 is 2.81 bits per heavy atom. The average Bonchev–Trinajstić information content (AvgIpc) is 3.21. The summed E-state index contributed by atoms with van der Waals surface area (Å²) in [5.41, 5.74) is 0.923. The molecule has 0 spiro atoms. The number of amides is 1. The highest BCUT2D eigenvalue weighted by Crippen LogP contribution is 2.20. The molecule has 2 N–H and O–H groups in total. The Labute approximate surface area is 205 Å². The fourth-order valence-electron chi connectivity index (χ4n) is 3.34. The van der Waals surface area contributed by atoms with Gasteiger partial charge in [-0.25, -0.2) is 14.4 Å². The number of pyridine rings is 1. The molecule has 2 aromatic rings. The first-order valence-corrected chi connectivity index (χ1v) is 10.7. The summed E-state index contributed by atoms with van der Waals surface area (Å²) in [6.45, 7) is 8.52. The van der Waals surface area contributed by atoms with E-state index in [-0.39, 0.29) is 47.7 Å². The van der Waals surface area contributed by atoms with Crippen molar-refractivity contribution in [1.29, 1.82) is 0 Å². The van der Waals surface area contributed by atoms with E-state index in [1.54, 1.807) is 24.4 Å². The second kappa shape index (κ2) is 12.6. The molecule has 0 aliphatic carbocycles. The average molecular weight is 555 g/mol. The molecule has 1 fully saturated rings. The number of ether oxygens (including phenoxy) is 1. The van der Waals surface area contributed by atoms with Crippen molar-refractivity contribution in [2.75, 3.05) is 19.6 Å². The van der Waals surface area contributed by atoms with Gasteiger partial charge in [-0.1, -0.05) is 26.0 Å². The molecule has 1 atom stereocenters. The van der Waals surface area contributed by atoms with E-state index < -0.39 is 0 Å². The van der Waals surface area contributed by atoms with E-state index in [0.717, 1.165) is 25.1 Å². The van der Waals surface area contributed by atoms with Crippen molar-refractivity contribution >= 4 is 35.8 Å². The number of aliphatic imine (C=N–C) groups is 1. The molecule has 1 saturated heterocycles. The Morgan fingerprint density at radius 2 is 2.16 bits per heavy atom. The van der Waals surface area contributed by atoms with Crippen molar-refractivity contribution in [2.45, 2.75) is 39.8 Å². The molecule has 3 rings (SSSR count). The van der Waals surface area contributed by atoms with Gasteiger partial charge in [-0.15, -0.1) is 24.0 Å². The number of hydrogen-bond donors (Lipinski definition) is 2. The predicted octanol–water partition coefficient (Wildman–Crippen LogP) is 3.94. The summed E-state index contributed by atoms with van der Waals surface area (Å²) in [5, 5.41) is 6.68. The van der Waals surface area contributed by atoms with Crippen LogP contribution in [-0.4, -0.2) is 47.4 Å². The van der Waals surface area contributed by atoms with Crippen LogP contribution in [0.15, 0.2) is 47.6 Å². The van der Waals surface area contributed by atoms with Crippen LogP contribution in [0.1, 0.15) is 32.8 Å². The fraction of sp³-hybridized carbons (Fsp3) is 0.435. The number of guanidine groups is 1. The van der Waals surface area contributed by atoms with Gasteiger partial charge in [0.05, 0.1) is 6.54 Å². The molecule has 0 saturated carbocycles. The molecule has 1 aliphatic rings. The number of rotatable bonds is 7. The maximum absolute atomic E-state index is 13.3. The summed E-state index contributed by atoms with van der Waals surface area (Å²) in [4.78, 5) is 23.0. The van der Waals surface area contributed by atoms with Crippen molar-refractivity contribution < 1.29 is 13.9 Å². The topological polar surface area (TPSA) is 78.9 Å². The lowest BCUT2D eigenvalue weighted by molar-refractivity contribution is -0.133. The summed E-state index contributed by atoms with van der Waals surface area (Å²) >= 11 is 0. The highest BCUT2D eigenvalue weighted by Gasteiger charge is 2.27. The van der Waals surface area contributed by atoms with E-state index in [1.807, 2.05) is 31.7 Å². The van der Waals surface area contributed by atoms with Crippen LogP contribution < -0.4 is 15.4 Å². The van der Waals surface area contributed by atoms with Crippen LogP contribution in [0, 0.1) is 11.7 Å². The van der Waals surface area contributed by atoms with Gasteiger partial charge in [0.1, 0.15) is 11.6 Å². The molecule has 32 heavy (non-hydrogen) atoms. The molecule has 1 aromatic heterocycles. The zero-order valence-corrected chi connectivity index (χ0v) is 21.0. The molecule has 0 bridgehead atoms. The minimum atomic E-state index is -0.356. The van der Waals surface area contributed by atoms with Crippen LogP contribution in [0.3, 0.4) is 0 Å². The van der Waals surface area contributed by atoms with Crippen LogP contribution in [0.5, 0.6) is 11.6 Å². The third-order valence-electron chi connectivity index (χ3n) is 4.91. The van der Waals surface area contributed by atoms with Crippen molar-refractivity contribution in [3.05, 3.63) is 54.0 Å². The lowest BCUT2D eigenvalue weighted by Gasteiger charge is -2.20. The highest BCUT2D eigenvalue weighted by molar-refractivity contribution is 14.0.